The van der Waals surface area contributed by atoms with Gasteiger partial charge in [-0.15, -0.1) is 4.40 Å². The topological polar surface area (TPSA) is 83.2 Å². The van der Waals surface area contributed by atoms with Crippen LogP contribution in [0.5, 0.6) is 0 Å². The number of benzene rings is 2. The summed E-state index contributed by atoms with van der Waals surface area (Å²) in [6.45, 7) is 2.20. The standard InChI is InChI=1S/C22H21N3O4S/c1-16-9-11-17(12-10-16)25(14-18-6-5-13-29-18)21(26)15-24(2)22-19-7-3-4-8-20(19)30(27,28)23-22/h3-13H,14-15H2,1-2H3. The quantitative estimate of drug-likeness (QED) is 0.629. The molecule has 0 spiro atoms. The van der Waals surface area contributed by atoms with Crippen LogP contribution >= 0.6 is 0 Å². The molecular weight excluding hydrogens is 402 g/mol. The van der Waals surface area contributed by atoms with Crippen LogP contribution in [0, 0.1) is 6.92 Å². The first-order valence-electron chi connectivity index (χ1n) is 9.40. The zero-order chi connectivity index (χ0) is 21.3. The molecule has 1 aromatic heterocycles. The Kier molecular flexibility index (Phi) is 5.17. The monoisotopic (exact) mass is 423 g/mol. The van der Waals surface area contributed by atoms with E-state index in [0.717, 1.165) is 11.3 Å². The second kappa shape index (κ2) is 7.79. The van der Waals surface area contributed by atoms with Crippen LogP contribution in [0.1, 0.15) is 16.9 Å². The molecule has 2 aromatic carbocycles. The van der Waals surface area contributed by atoms with Gasteiger partial charge in [-0.05, 0) is 43.3 Å². The summed E-state index contributed by atoms with van der Waals surface area (Å²) in [5, 5.41) is 0. The van der Waals surface area contributed by atoms with Crippen LogP contribution in [0.3, 0.4) is 0 Å². The third-order valence-electron chi connectivity index (χ3n) is 4.89. The molecule has 0 aliphatic carbocycles. The highest BCUT2D eigenvalue weighted by Crippen LogP contribution is 2.27. The van der Waals surface area contributed by atoms with Gasteiger partial charge in [0, 0.05) is 18.3 Å². The highest BCUT2D eigenvalue weighted by molar-refractivity contribution is 7.90. The number of hydrogen-bond donors (Lipinski definition) is 0. The zero-order valence-electron chi connectivity index (χ0n) is 16.6. The average Bonchev–Trinajstić information content (AvgIpc) is 3.33. The van der Waals surface area contributed by atoms with E-state index in [1.54, 1.807) is 47.4 Å². The number of rotatable bonds is 5. The van der Waals surface area contributed by atoms with Gasteiger partial charge in [0.05, 0.1) is 19.4 Å². The molecule has 30 heavy (non-hydrogen) atoms. The van der Waals surface area contributed by atoms with Gasteiger partial charge in [-0.2, -0.15) is 8.42 Å². The van der Waals surface area contributed by atoms with Crippen molar-refractivity contribution >= 4 is 27.5 Å². The minimum atomic E-state index is -3.75. The molecule has 0 unspecified atom stereocenters. The summed E-state index contributed by atoms with van der Waals surface area (Å²) in [6, 6.07) is 17.8. The van der Waals surface area contributed by atoms with Crippen LogP contribution in [-0.2, 0) is 21.4 Å². The van der Waals surface area contributed by atoms with Gasteiger partial charge in [0.15, 0.2) is 5.84 Å². The van der Waals surface area contributed by atoms with Crippen molar-refractivity contribution in [1.82, 2.24) is 4.90 Å². The van der Waals surface area contributed by atoms with Gasteiger partial charge in [0.25, 0.3) is 10.0 Å². The first kappa shape index (κ1) is 19.9. The molecule has 2 heterocycles. The Hall–Kier alpha value is -3.39. The van der Waals surface area contributed by atoms with Crippen LogP contribution < -0.4 is 4.90 Å². The Bertz CT molecular complexity index is 1200. The van der Waals surface area contributed by atoms with Gasteiger partial charge >= 0.3 is 0 Å². The Labute approximate surface area is 175 Å². The number of amides is 1. The summed E-state index contributed by atoms with van der Waals surface area (Å²) >= 11 is 0. The number of amidine groups is 1. The van der Waals surface area contributed by atoms with E-state index in [1.165, 1.54) is 6.07 Å². The molecule has 0 radical (unpaired) electrons. The highest BCUT2D eigenvalue weighted by Gasteiger charge is 2.31. The van der Waals surface area contributed by atoms with Gasteiger partial charge in [-0.3, -0.25) is 4.79 Å². The number of nitrogens with zero attached hydrogens (tertiary/aromatic N) is 3. The number of anilines is 1. The van der Waals surface area contributed by atoms with Crippen LogP contribution in [0.25, 0.3) is 0 Å². The van der Waals surface area contributed by atoms with Crippen molar-refractivity contribution < 1.29 is 17.6 Å². The number of hydrogen-bond acceptors (Lipinski definition) is 5. The van der Waals surface area contributed by atoms with E-state index < -0.39 is 10.0 Å². The molecular formula is C22H21N3O4S. The Morgan fingerprint density at radius 1 is 1.03 bits per heavy atom. The summed E-state index contributed by atoms with van der Waals surface area (Å²) in [7, 11) is -2.09. The summed E-state index contributed by atoms with van der Waals surface area (Å²) in [4.78, 5) is 16.6. The highest BCUT2D eigenvalue weighted by atomic mass is 32.2. The molecule has 0 saturated carbocycles. The molecule has 1 amide bonds. The molecule has 1 aliphatic heterocycles. The lowest BCUT2D eigenvalue weighted by atomic mass is 10.2. The smallest absolute Gasteiger partial charge is 0.285 e. The number of likely N-dealkylation sites (N-methyl/N-ethyl adjacent to an activating group) is 1. The predicted molar refractivity (Wildman–Crippen MR) is 114 cm³/mol. The maximum atomic E-state index is 13.2. The molecule has 1 aliphatic rings. The van der Waals surface area contributed by atoms with Crippen molar-refractivity contribution in [1.29, 1.82) is 0 Å². The van der Waals surface area contributed by atoms with Crippen molar-refractivity contribution in [3.8, 4) is 0 Å². The van der Waals surface area contributed by atoms with Gasteiger partial charge in [0.2, 0.25) is 5.91 Å². The molecule has 8 heteroatoms. The van der Waals surface area contributed by atoms with Crippen molar-refractivity contribution in [3.63, 3.8) is 0 Å². The lowest BCUT2D eigenvalue weighted by molar-refractivity contribution is -0.119. The summed E-state index contributed by atoms with van der Waals surface area (Å²) in [6.07, 6.45) is 1.56. The maximum absolute atomic E-state index is 13.2. The molecule has 0 saturated heterocycles. The van der Waals surface area contributed by atoms with Gasteiger partial charge in [0.1, 0.15) is 10.7 Å². The normalized spacial score (nSPS) is 14.1. The second-order valence-electron chi connectivity index (χ2n) is 7.14. The first-order chi connectivity index (χ1) is 14.3. The molecule has 0 N–H and O–H groups in total. The fourth-order valence-electron chi connectivity index (χ4n) is 3.33. The van der Waals surface area contributed by atoms with Crippen LogP contribution in [0.4, 0.5) is 5.69 Å². The summed E-state index contributed by atoms with van der Waals surface area (Å²) < 4.78 is 34.0. The van der Waals surface area contributed by atoms with Crippen LogP contribution in [0.2, 0.25) is 0 Å². The zero-order valence-corrected chi connectivity index (χ0v) is 17.5. The van der Waals surface area contributed by atoms with E-state index in [9.17, 15) is 13.2 Å². The predicted octanol–water partition coefficient (Wildman–Crippen LogP) is 3.20. The fourth-order valence-corrected chi connectivity index (χ4v) is 4.59. The van der Waals surface area contributed by atoms with Gasteiger partial charge in [-0.25, -0.2) is 0 Å². The molecule has 4 rings (SSSR count). The summed E-state index contributed by atoms with van der Waals surface area (Å²) in [5.74, 6) is 0.709. The molecule has 154 valence electrons. The average molecular weight is 423 g/mol. The Morgan fingerprint density at radius 2 is 1.77 bits per heavy atom. The number of sulfonamides is 1. The van der Waals surface area contributed by atoms with E-state index >= 15 is 0 Å². The van der Waals surface area contributed by atoms with Gasteiger partial charge in [-0.1, -0.05) is 29.8 Å². The largest absolute Gasteiger partial charge is 0.467 e. The Balaban J connectivity index is 1.60. The van der Waals surface area contributed by atoms with Crippen molar-refractivity contribution in [2.24, 2.45) is 4.40 Å². The molecule has 3 aromatic rings. The minimum absolute atomic E-state index is 0.0444. The maximum Gasteiger partial charge on any atom is 0.285 e. The molecule has 7 nitrogen and oxygen atoms in total. The third kappa shape index (κ3) is 3.86. The van der Waals surface area contributed by atoms with Crippen LogP contribution in [-0.4, -0.2) is 38.7 Å². The minimum Gasteiger partial charge on any atom is -0.467 e. The van der Waals surface area contributed by atoms with E-state index in [0.29, 0.717) is 11.3 Å². The van der Waals surface area contributed by atoms with Crippen molar-refractivity contribution in [2.45, 2.75) is 18.4 Å². The molecule has 0 fully saturated rings. The van der Waals surface area contributed by atoms with Crippen molar-refractivity contribution in [2.75, 3.05) is 18.5 Å². The second-order valence-corrected chi connectivity index (χ2v) is 8.71. The SMILES string of the molecule is Cc1ccc(N(Cc2ccco2)C(=O)CN(C)C2=NS(=O)(=O)c3ccccc32)cc1. The number of furan rings is 1. The fraction of sp³-hybridized carbons (Fsp3) is 0.182. The van der Waals surface area contributed by atoms with E-state index in [-0.39, 0.29) is 29.7 Å². The summed E-state index contributed by atoms with van der Waals surface area (Å²) in [5.41, 5.74) is 2.32. The number of aryl methyl sites for hydroxylation is 1. The lowest BCUT2D eigenvalue weighted by Gasteiger charge is -2.26. The third-order valence-corrected chi connectivity index (χ3v) is 6.21. The molecule has 0 bridgehead atoms. The van der Waals surface area contributed by atoms with Crippen LogP contribution in [0.15, 0.2) is 80.6 Å². The Morgan fingerprint density at radius 3 is 2.47 bits per heavy atom. The first-order valence-corrected chi connectivity index (χ1v) is 10.8. The van der Waals surface area contributed by atoms with E-state index in [4.69, 9.17) is 4.42 Å². The molecule has 0 atom stereocenters. The number of carbonyl (C=O) groups excluding carboxylic acids is 1. The lowest BCUT2D eigenvalue weighted by Crippen LogP contribution is -2.41. The van der Waals surface area contributed by atoms with E-state index in [2.05, 4.69) is 4.40 Å². The van der Waals surface area contributed by atoms with Crippen molar-refractivity contribution in [3.05, 3.63) is 83.8 Å². The number of fused-ring (bicyclic) bond motifs is 1. The van der Waals surface area contributed by atoms with E-state index in [1.807, 2.05) is 37.3 Å². The number of carbonyl (C=O) groups is 1. The van der Waals surface area contributed by atoms with Gasteiger partial charge < -0.3 is 14.2 Å².